The Labute approximate surface area is 127 Å². The maximum Gasteiger partial charge on any atom is 0.333 e. The molecule has 6 nitrogen and oxygen atoms in total. The van der Waals surface area contributed by atoms with Crippen LogP contribution in [-0.4, -0.2) is 14.7 Å². The maximum absolute atomic E-state index is 11.4. The molecular weight excluding hydrogens is 288 g/mol. The average Bonchev–Trinajstić information content (AvgIpc) is 3.03. The van der Waals surface area contributed by atoms with Crippen molar-refractivity contribution in [1.29, 1.82) is 0 Å². The maximum atomic E-state index is 11.4. The molecule has 0 aromatic carbocycles. The molecule has 0 fully saturated rings. The minimum Gasteiger partial charge on any atom is -0.357 e. The van der Waals surface area contributed by atoms with E-state index in [1.165, 1.54) is 4.88 Å². The normalized spacial score (nSPS) is 12.6. The quantitative estimate of drug-likeness (QED) is 0.651. The number of thiophene rings is 1. The van der Waals surface area contributed by atoms with E-state index in [1.807, 2.05) is 24.4 Å². The van der Waals surface area contributed by atoms with Gasteiger partial charge in [-0.05, 0) is 23.8 Å². The van der Waals surface area contributed by atoms with Crippen LogP contribution in [0.3, 0.4) is 0 Å². The molecule has 0 amide bonds. The van der Waals surface area contributed by atoms with E-state index in [2.05, 4.69) is 24.3 Å². The van der Waals surface area contributed by atoms with Crippen LogP contribution in [0.25, 0.3) is 0 Å². The van der Waals surface area contributed by atoms with E-state index in [0.29, 0.717) is 23.9 Å². The molecule has 0 spiro atoms. The first-order valence-corrected chi connectivity index (χ1v) is 7.83. The van der Waals surface area contributed by atoms with Gasteiger partial charge in [-0.3, -0.25) is 10.1 Å². The van der Waals surface area contributed by atoms with Crippen molar-refractivity contribution in [2.45, 2.75) is 33.2 Å². The third kappa shape index (κ3) is 3.07. The number of nitrogens with zero attached hydrogens (tertiary/aromatic N) is 3. The lowest BCUT2D eigenvalue weighted by atomic mass is 10.0. The summed E-state index contributed by atoms with van der Waals surface area (Å²) in [5.41, 5.74) is 0.598. The van der Waals surface area contributed by atoms with Gasteiger partial charge in [0.1, 0.15) is 5.69 Å². The first kappa shape index (κ1) is 15.5. The van der Waals surface area contributed by atoms with Gasteiger partial charge in [0.05, 0.1) is 11.0 Å². The molecule has 114 valence electrons. The number of hydrogen-bond donors (Lipinski definition) is 1. The lowest BCUT2D eigenvalue weighted by molar-refractivity contribution is -0.384. The lowest BCUT2D eigenvalue weighted by Gasteiger charge is -2.21. The molecule has 0 saturated heterocycles. The Morgan fingerprint density at radius 1 is 1.52 bits per heavy atom. The summed E-state index contributed by atoms with van der Waals surface area (Å²) in [6.07, 6.45) is 0.539. The van der Waals surface area contributed by atoms with Crippen molar-refractivity contribution in [3.63, 3.8) is 0 Å². The van der Waals surface area contributed by atoms with E-state index in [1.54, 1.807) is 23.1 Å². The average molecular weight is 308 g/mol. The van der Waals surface area contributed by atoms with Gasteiger partial charge in [-0.1, -0.05) is 26.8 Å². The molecule has 0 aliphatic rings. The molecule has 2 heterocycles. The van der Waals surface area contributed by atoms with Crippen molar-refractivity contribution < 1.29 is 4.92 Å². The zero-order chi connectivity index (χ0) is 15.6. The fourth-order valence-electron chi connectivity index (χ4n) is 2.34. The van der Waals surface area contributed by atoms with E-state index in [4.69, 9.17) is 0 Å². The summed E-state index contributed by atoms with van der Waals surface area (Å²) in [4.78, 5) is 12.2. The molecule has 0 aliphatic heterocycles. The Kier molecular flexibility index (Phi) is 4.62. The molecule has 1 N–H and O–H groups in total. The van der Waals surface area contributed by atoms with Gasteiger partial charge in [-0.25, -0.2) is 4.68 Å². The van der Waals surface area contributed by atoms with E-state index >= 15 is 0 Å². The first-order chi connectivity index (χ1) is 9.95. The monoisotopic (exact) mass is 308 g/mol. The summed E-state index contributed by atoms with van der Waals surface area (Å²) in [6, 6.07) is 4.07. The van der Waals surface area contributed by atoms with Crippen molar-refractivity contribution in [3.8, 4) is 0 Å². The Hall–Kier alpha value is -1.89. The number of nitro groups is 1. The molecule has 7 heteroatoms. The van der Waals surface area contributed by atoms with Gasteiger partial charge in [0.25, 0.3) is 0 Å². The Morgan fingerprint density at radius 2 is 2.24 bits per heavy atom. The van der Waals surface area contributed by atoms with Gasteiger partial charge >= 0.3 is 5.69 Å². The molecule has 0 radical (unpaired) electrons. The summed E-state index contributed by atoms with van der Waals surface area (Å²) < 4.78 is 1.57. The molecule has 21 heavy (non-hydrogen) atoms. The van der Waals surface area contributed by atoms with E-state index < -0.39 is 0 Å². The van der Waals surface area contributed by atoms with Crippen LogP contribution in [0, 0.1) is 16.0 Å². The largest absolute Gasteiger partial charge is 0.357 e. The van der Waals surface area contributed by atoms with Crippen LogP contribution < -0.4 is 5.32 Å². The van der Waals surface area contributed by atoms with Crippen molar-refractivity contribution in [1.82, 2.24) is 9.78 Å². The Balaban J connectivity index is 2.42. The van der Waals surface area contributed by atoms with Crippen molar-refractivity contribution in [2.24, 2.45) is 13.0 Å². The second kappa shape index (κ2) is 6.26. The zero-order valence-electron chi connectivity index (χ0n) is 12.7. The molecule has 0 bridgehead atoms. The third-order valence-electron chi connectivity index (χ3n) is 3.42. The fraction of sp³-hybridized carbons (Fsp3) is 0.500. The third-order valence-corrected chi connectivity index (χ3v) is 4.37. The number of aromatic nitrogens is 2. The highest BCUT2D eigenvalue weighted by Gasteiger charge is 2.28. The second-order valence-corrected chi connectivity index (χ2v) is 6.24. The van der Waals surface area contributed by atoms with Crippen LogP contribution in [0.1, 0.15) is 37.4 Å². The number of nitrogens with one attached hydrogen (secondary N) is 1. The number of aryl methyl sites for hydroxylation is 2. The molecule has 0 saturated carbocycles. The van der Waals surface area contributed by atoms with Gasteiger partial charge in [0.2, 0.25) is 5.82 Å². The molecule has 2 aromatic rings. The predicted octanol–water partition coefficient (Wildman–Crippen LogP) is 3.76. The summed E-state index contributed by atoms with van der Waals surface area (Å²) in [6.45, 7) is 6.07. The highest BCUT2D eigenvalue weighted by molar-refractivity contribution is 7.10. The SMILES string of the molecule is CCc1nn(C)c(NC(c2cccs2)C(C)C)c1[N+](=O)[O-]. The van der Waals surface area contributed by atoms with Crippen LogP contribution in [0.4, 0.5) is 11.5 Å². The van der Waals surface area contributed by atoms with Gasteiger partial charge in [0, 0.05) is 11.9 Å². The summed E-state index contributed by atoms with van der Waals surface area (Å²) in [5.74, 6) is 0.784. The predicted molar refractivity (Wildman–Crippen MR) is 84.8 cm³/mol. The summed E-state index contributed by atoms with van der Waals surface area (Å²) in [7, 11) is 1.74. The highest BCUT2D eigenvalue weighted by Crippen LogP contribution is 2.35. The van der Waals surface area contributed by atoms with E-state index in [0.717, 1.165) is 0 Å². The molecule has 2 rings (SSSR count). The summed E-state index contributed by atoms with van der Waals surface area (Å²) in [5, 5.41) is 21.0. The number of anilines is 1. The Morgan fingerprint density at radius 3 is 2.71 bits per heavy atom. The Bertz CT molecular complexity index is 619. The van der Waals surface area contributed by atoms with Crippen molar-refractivity contribution >= 4 is 22.8 Å². The van der Waals surface area contributed by atoms with Crippen LogP contribution in [-0.2, 0) is 13.5 Å². The van der Waals surface area contributed by atoms with Crippen molar-refractivity contribution in [2.75, 3.05) is 5.32 Å². The molecule has 0 aliphatic carbocycles. The number of hydrogen-bond acceptors (Lipinski definition) is 5. The fourth-order valence-corrected chi connectivity index (χ4v) is 3.29. The minimum atomic E-state index is -0.347. The lowest BCUT2D eigenvalue weighted by Crippen LogP contribution is -2.18. The van der Waals surface area contributed by atoms with E-state index in [-0.39, 0.29) is 16.7 Å². The second-order valence-electron chi connectivity index (χ2n) is 5.26. The molecule has 1 atom stereocenters. The van der Waals surface area contributed by atoms with Gasteiger partial charge < -0.3 is 5.32 Å². The summed E-state index contributed by atoms with van der Waals surface area (Å²) >= 11 is 1.65. The van der Waals surface area contributed by atoms with Crippen LogP contribution in [0.5, 0.6) is 0 Å². The molecule has 1 unspecified atom stereocenters. The molecular formula is C14H20N4O2S. The number of rotatable bonds is 6. The zero-order valence-corrected chi connectivity index (χ0v) is 13.5. The highest BCUT2D eigenvalue weighted by atomic mass is 32.1. The van der Waals surface area contributed by atoms with Crippen molar-refractivity contribution in [3.05, 3.63) is 38.2 Å². The standard InChI is InChI=1S/C14H20N4O2S/c1-5-10-13(18(19)20)14(17(4)16-10)15-12(9(2)3)11-7-6-8-21-11/h6-9,12,15H,5H2,1-4H3. The minimum absolute atomic E-state index is 0.0313. The molecule has 2 aromatic heterocycles. The van der Waals surface area contributed by atoms with Gasteiger partial charge in [-0.2, -0.15) is 5.10 Å². The first-order valence-electron chi connectivity index (χ1n) is 6.95. The van der Waals surface area contributed by atoms with Crippen LogP contribution in [0.2, 0.25) is 0 Å². The topological polar surface area (TPSA) is 73.0 Å². The van der Waals surface area contributed by atoms with Crippen LogP contribution in [0.15, 0.2) is 17.5 Å². The van der Waals surface area contributed by atoms with Gasteiger partial charge in [0.15, 0.2) is 0 Å². The van der Waals surface area contributed by atoms with E-state index in [9.17, 15) is 10.1 Å². The van der Waals surface area contributed by atoms with Gasteiger partial charge in [-0.15, -0.1) is 11.3 Å². The smallest absolute Gasteiger partial charge is 0.333 e. The van der Waals surface area contributed by atoms with Crippen LogP contribution >= 0.6 is 11.3 Å².